The van der Waals surface area contributed by atoms with E-state index in [0.29, 0.717) is 6.54 Å². The monoisotopic (exact) mass is 285 g/mol. The van der Waals surface area contributed by atoms with Gasteiger partial charge in [-0.25, -0.2) is 8.42 Å². The van der Waals surface area contributed by atoms with Gasteiger partial charge in [0.05, 0.1) is 4.90 Å². The van der Waals surface area contributed by atoms with E-state index >= 15 is 0 Å². The van der Waals surface area contributed by atoms with Gasteiger partial charge in [-0.05, 0) is 44.5 Å². The topological polar surface area (TPSA) is 57.6 Å². The number of aromatic hydroxyl groups is 1. The second-order valence-electron chi connectivity index (χ2n) is 4.91. The average Bonchev–Trinajstić information content (AvgIpc) is 2.34. The molecule has 0 bridgehead atoms. The Kier molecular flexibility index (Phi) is 5.82. The number of hydrogen-bond acceptors (Lipinski definition) is 3. The summed E-state index contributed by atoms with van der Waals surface area (Å²) in [6, 6.07) is 5.62. The first-order valence-corrected chi connectivity index (χ1v) is 8.14. The van der Waals surface area contributed by atoms with Crippen LogP contribution >= 0.6 is 0 Å². The summed E-state index contributed by atoms with van der Waals surface area (Å²) in [5.41, 5.74) is 0. The number of nitrogens with zero attached hydrogens (tertiary/aromatic N) is 1. The number of phenols is 1. The summed E-state index contributed by atoms with van der Waals surface area (Å²) in [7, 11) is -3.48. The number of sulfonamides is 1. The Morgan fingerprint density at radius 3 is 2.21 bits per heavy atom. The maximum Gasteiger partial charge on any atom is 0.243 e. The lowest BCUT2D eigenvalue weighted by Gasteiger charge is -2.26. The van der Waals surface area contributed by atoms with Crippen LogP contribution in [-0.2, 0) is 10.0 Å². The molecule has 0 aliphatic carbocycles. The third kappa shape index (κ3) is 4.21. The third-order valence-corrected chi connectivity index (χ3v) is 5.09. The molecular weight excluding hydrogens is 262 g/mol. The molecule has 0 spiro atoms. The number of rotatable bonds is 7. The molecule has 1 rings (SSSR count). The summed E-state index contributed by atoms with van der Waals surface area (Å²) in [6.45, 7) is 6.39. The van der Waals surface area contributed by atoms with E-state index in [-0.39, 0.29) is 16.7 Å². The van der Waals surface area contributed by atoms with Crippen molar-refractivity contribution in [2.75, 3.05) is 6.54 Å². The maximum absolute atomic E-state index is 12.5. The summed E-state index contributed by atoms with van der Waals surface area (Å²) in [4.78, 5) is 0.232. The van der Waals surface area contributed by atoms with Crippen molar-refractivity contribution in [2.24, 2.45) is 0 Å². The van der Waals surface area contributed by atoms with E-state index < -0.39 is 10.0 Å². The van der Waals surface area contributed by atoms with Gasteiger partial charge in [-0.15, -0.1) is 0 Å². The van der Waals surface area contributed by atoms with Crippen molar-refractivity contribution >= 4 is 10.0 Å². The van der Waals surface area contributed by atoms with E-state index in [4.69, 9.17) is 0 Å². The molecule has 0 unspecified atom stereocenters. The lowest BCUT2D eigenvalue weighted by Crippen LogP contribution is -2.37. The lowest BCUT2D eigenvalue weighted by molar-refractivity contribution is 0.345. The zero-order chi connectivity index (χ0) is 14.5. The van der Waals surface area contributed by atoms with E-state index in [1.165, 1.54) is 28.6 Å². The summed E-state index contributed by atoms with van der Waals surface area (Å²) in [5.74, 6) is 0.0704. The molecule has 1 aromatic rings. The fourth-order valence-electron chi connectivity index (χ4n) is 1.93. The van der Waals surface area contributed by atoms with E-state index in [2.05, 4.69) is 6.92 Å². The van der Waals surface area contributed by atoms with E-state index in [9.17, 15) is 13.5 Å². The third-order valence-electron chi connectivity index (χ3n) is 3.00. The molecule has 0 heterocycles. The Morgan fingerprint density at radius 2 is 1.74 bits per heavy atom. The predicted molar refractivity (Wildman–Crippen MR) is 76.7 cm³/mol. The van der Waals surface area contributed by atoms with Crippen LogP contribution in [0.5, 0.6) is 5.75 Å². The maximum atomic E-state index is 12.5. The normalized spacial score (nSPS) is 12.3. The summed E-state index contributed by atoms with van der Waals surface area (Å²) in [5, 5.41) is 9.24. The van der Waals surface area contributed by atoms with Crippen LogP contribution in [0.1, 0.15) is 40.0 Å². The molecule has 0 saturated carbocycles. The van der Waals surface area contributed by atoms with Crippen LogP contribution in [0, 0.1) is 0 Å². The van der Waals surface area contributed by atoms with Gasteiger partial charge in [0.25, 0.3) is 0 Å². The first-order valence-electron chi connectivity index (χ1n) is 6.70. The molecule has 108 valence electrons. The summed E-state index contributed by atoms with van der Waals surface area (Å²) < 4.78 is 26.6. The predicted octanol–water partition coefficient (Wildman–Crippen LogP) is 2.98. The first-order chi connectivity index (χ1) is 8.89. The van der Waals surface area contributed by atoms with Crippen LogP contribution in [0.4, 0.5) is 0 Å². The average molecular weight is 285 g/mol. The molecule has 1 aromatic carbocycles. The van der Waals surface area contributed by atoms with Gasteiger partial charge in [-0.2, -0.15) is 4.31 Å². The highest BCUT2D eigenvalue weighted by Crippen LogP contribution is 2.21. The van der Waals surface area contributed by atoms with Crippen molar-refractivity contribution < 1.29 is 13.5 Å². The Morgan fingerprint density at radius 1 is 1.16 bits per heavy atom. The molecule has 0 radical (unpaired) electrons. The van der Waals surface area contributed by atoms with E-state index in [1.807, 2.05) is 13.8 Å². The zero-order valence-corrected chi connectivity index (χ0v) is 12.7. The highest BCUT2D eigenvalue weighted by molar-refractivity contribution is 7.89. The highest BCUT2D eigenvalue weighted by Gasteiger charge is 2.26. The summed E-state index contributed by atoms with van der Waals surface area (Å²) in [6.07, 6.45) is 2.95. The van der Waals surface area contributed by atoms with Crippen LogP contribution in [0.15, 0.2) is 29.2 Å². The number of phenolic OH excluding ortho intramolecular Hbond substituents is 1. The van der Waals surface area contributed by atoms with Crippen molar-refractivity contribution in [3.05, 3.63) is 24.3 Å². The number of unbranched alkanes of at least 4 members (excludes halogenated alkanes) is 2. The van der Waals surface area contributed by atoms with Crippen LogP contribution < -0.4 is 0 Å². The van der Waals surface area contributed by atoms with Gasteiger partial charge < -0.3 is 5.11 Å². The number of hydrogen-bond donors (Lipinski definition) is 1. The van der Waals surface area contributed by atoms with Crippen LogP contribution in [0.2, 0.25) is 0 Å². The Bertz CT molecular complexity index is 480. The SMILES string of the molecule is CCCCCN(C(C)C)S(=O)(=O)c1ccc(O)cc1. The fourth-order valence-corrected chi connectivity index (χ4v) is 3.60. The van der Waals surface area contributed by atoms with Gasteiger partial charge >= 0.3 is 0 Å². The standard InChI is InChI=1S/C14H23NO3S/c1-4-5-6-11-15(12(2)3)19(17,18)14-9-7-13(16)8-10-14/h7-10,12,16H,4-6,11H2,1-3H3. The van der Waals surface area contributed by atoms with Crippen molar-refractivity contribution in [1.29, 1.82) is 0 Å². The molecule has 0 aliphatic rings. The molecule has 4 nitrogen and oxygen atoms in total. The lowest BCUT2D eigenvalue weighted by atomic mass is 10.2. The molecule has 0 saturated heterocycles. The minimum Gasteiger partial charge on any atom is -0.508 e. The Labute approximate surface area is 116 Å². The van der Waals surface area contributed by atoms with Gasteiger partial charge in [-0.3, -0.25) is 0 Å². The molecule has 1 N–H and O–H groups in total. The van der Waals surface area contributed by atoms with E-state index in [1.54, 1.807) is 0 Å². The van der Waals surface area contributed by atoms with E-state index in [0.717, 1.165) is 19.3 Å². The molecule has 0 aliphatic heterocycles. The molecule has 19 heavy (non-hydrogen) atoms. The fraction of sp³-hybridized carbons (Fsp3) is 0.571. The first kappa shape index (κ1) is 16.0. The summed E-state index contributed by atoms with van der Waals surface area (Å²) >= 11 is 0. The molecule has 0 fully saturated rings. The second-order valence-corrected chi connectivity index (χ2v) is 6.80. The Hall–Kier alpha value is -1.07. The van der Waals surface area contributed by atoms with Crippen molar-refractivity contribution in [3.8, 4) is 5.75 Å². The highest BCUT2D eigenvalue weighted by atomic mass is 32.2. The number of benzene rings is 1. The van der Waals surface area contributed by atoms with Crippen molar-refractivity contribution in [1.82, 2.24) is 4.31 Å². The van der Waals surface area contributed by atoms with Gasteiger partial charge in [0.15, 0.2) is 0 Å². The van der Waals surface area contributed by atoms with Gasteiger partial charge in [0.2, 0.25) is 10.0 Å². The molecular formula is C14H23NO3S. The van der Waals surface area contributed by atoms with Crippen LogP contribution in [-0.4, -0.2) is 30.4 Å². The molecule has 0 amide bonds. The molecule has 0 aromatic heterocycles. The molecule has 5 heteroatoms. The smallest absolute Gasteiger partial charge is 0.243 e. The van der Waals surface area contributed by atoms with Crippen molar-refractivity contribution in [2.45, 2.75) is 51.0 Å². The largest absolute Gasteiger partial charge is 0.508 e. The van der Waals surface area contributed by atoms with Gasteiger partial charge in [-0.1, -0.05) is 19.8 Å². The Balaban J connectivity index is 2.96. The van der Waals surface area contributed by atoms with Crippen LogP contribution in [0.25, 0.3) is 0 Å². The minimum absolute atomic E-state index is 0.0704. The zero-order valence-electron chi connectivity index (χ0n) is 11.8. The van der Waals surface area contributed by atoms with Gasteiger partial charge in [0, 0.05) is 12.6 Å². The van der Waals surface area contributed by atoms with Crippen LogP contribution in [0.3, 0.4) is 0 Å². The van der Waals surface area contributed by atoms with Gasteiger partial charge in [0.1, 0.15) is 5.75 Å². The second kappa shape index (κ2) is 6.91. The molecule has 0 atom stereocenters. The van der Waals surface area contributed by atoms with Crippen molar-refractivity contribution in [3.63, 3.8) is 0 Å². The quantitative estimate of drug-likeness (QED) is 0.784. The minimum atomic E-state index is -3.48.